The first kappa shape index (κ1) is 21.8. The Hall–Kier alpha value is -2.42. The lowest BCUT2D eigenvalue weighted by Crippen LogP contribution is -2.46. The Kier molecular flexibility index (Phi) is 8.32. The molecule has 0 bridgehead atoms. The van der Waals surface area contributed by atoms with Crippen molar-refractivity contribution in [2.75, 3.05) is 32.7 Å². The van der Waals surface area contributed by atoms with Crippen molar-refractivity contribution in [3.8, 4) is 0 Å². The molecule has 0 radical (unpaired) electrons. The maximum Gasteiger partial charge on any atom is 0.0234 e. The minimum Gasteiger partial charge on any atom is -0.301 e. The van der Waals surface area contributed by atoms with Crippen molar-refractivity contribution in [2.24, 2.45) is 0 Å². The third-order valence-corrected chi connectivity index (χ3v) is 6.58. The summed E-state index contributed by atoms with van der Waals surface area (Å²) in [5.41, 5.74) is 4.33. The zero-order valence-electron chi connectivity index (χ0n) is 18.7. The molecule has 0 aromatic heterocycles. The van der Waals surface area contributed by atoms with Crippen molar-refractivity contribution in [3.63, 3.8) is 0 Å². The predicted octanol–water partition coefficient (Wildman–Crippen LogP) is 6.20. The van der Waals surface area contributed by atoms with E-state index in [2.05, 4.69) is 101 Å². The van der Waals surface area contributed by atoms with Crippen molar-refractivity contribution in [1.29, 1.82) is 0 Å². The van der Waals surface area contributed by atoms with Crippen LogP contribution in [0.25, 0.3) is 0 Å². The second-order valence-corrected chi connectivity index (χ2v) is 8.83. The highest BCUT2D eigenvalue weighted by Crippen LogP contribution is 2.29. The average Bonchev–Trinajstić information content (AvgIpc) is 2.84. The van der Waals surface area contributed by atoms with Crippen LogP contribution in [0.3, 0.4) is 0 Å². The number of hydrogen-bond donors (Lipinski definition) is 0. The van der Waals surface area contributed by atoms with Gasteiger partial charge < -0.3 is 4.90 Å². The van der Waals surface area contributed by atoms with E-state index in [-0.39, 0.29) is 0 Å². The number of benzene rings is 3. The summed E-state index contributed by atoms with van der Waals surface area (Å²) in [5, 5.41) is 0. The van der Waals surface area contributed by atoms with Gasteiger partial charge >= 0.3 is 0 Å². The van der Waals surface area contributed by atoms with E-state index < -0.39 is 0 Å². The van der Waals surface area contributed by atoms with Gasteiger partial charge in [-0.15, -0.1) is 0 Å². The SMILES string of the molecule is c1ccc(CN2CCN(CCCCCC(c3ccccc3)c3ccccc3)CC2)cc1. The number of unbranched alkanes of at least 4 members (excludes halogenated alkanes) is 2. The van der Waals surface area contributed by atoms with Crippen LogP contribution in [0.1, 0.15) is 48.3 Å². The maximum atomic E-state index is 2.66. The summed E-state index contributed by atoms with van der Waals surface area (Å²) < 4.78 is 0. The van der Waals surface area contributed by atoms with Gasteiger partial charge in [0.1, 0.15) is 0 Å². The lowest BCUT2D eigenvalue weighted by molar-refractivity contribution is 0.125. The summed E-state index contributed by atoms with van der Waals surface area (Å²) in [4.78, 5) is 5.25. The van der Waals surface area contributed by atoms with Crippen LogP contribution in [0.2, 0.25) is 0 Å². The average molecular weight is 413 g/mol. The topological polar surface area (TPSA) is 6.48 Å². The molecule has 0 N–H and O–H groups in total. The molecule has 4 rings (SSSR count). The molecule has 162 valence electrons. The summed E-state index contributed by atoms with van der Waals surface area (Å²) >= 11 is 0. The molecule has 0 unspecified atom stereocenters. The third kappa shape index (κ3) is 6.78. The maximum absolute atomic E-state index is 2.66. The first-order valence-corrected chi connectivity index (χ1v) is 12.0. The molecule has 0 spiro atoms. The zero-order valence-corrected chi connectivity index (χ0v) is 18.7. The fourth-order valence-corrected chi connectivity index (χ4v) is 4.77. The fraction of sp³-hybridized carbons (Fsp3) is 0.379. The minimum absolute atomic E-state index is 0.518. The molecule has 1 aliphatic rings. The number of hydrogen-bond acceptors (Lipinski definition) is 2. The summed E-state index contributed by atoms with van der Waals surface area (Å²) in [6, 6.07) is 32.9. The van der Waals surface area contributed by atoms with E-state index in [9.17, 15) is 0 Å². The molecule has 1 fully saturated rings. The highest BCUT2D eigenvalue weighted by atomic mass is 15.3. The molecule has 3 aromatic rings. The molecule has 2 nitrogen and oxygen atoms in total. The molecule has 3 aromatic carbocycles. The Balaban J connectivity index is 1.17. The van der Waals surface area contributed by atoms with Gasteiger partial charge in [-0.25, -0.2) is 0 Å². The van der Waals surface area contributed by atoms with Crippen LogP contribution in [-0.4, -0.2) is 42.5 Å². The summed E-state index contributed by atoms with van der Waals surface area (Å²) in [5.74, 6) is 0.518. The van der Waals surface area contributed by atoms with Gasteiger partial charge in [-0.3, -0.25) is 4.90 Å². The highest BCUT2D eigenvalue weighted by molar-refractivity contribution is 5.32. The molecule has 2 heteroatoms. The molecule has 31 heavy (non-hydrogen) atoms. The van der Waals surface area contributed by atoms with Crippen molar-refractivity contribution in [1.82, 2.24) is 9.80 Å². The molecule has 1 aliphatic heterocycles. The smallest absolute Gasteiger partial charge is 0.0234 e. The van der Waals surface area contributed by atoms with E-state index in [1.165, 1.54) is 75.1 Å². The van der Waals surface area contributed by atoms with Gasteiger partial charge in [0.15, 0.2) is 0 Å². The van der Waals surface area contributed by atoms with Gasteiger partial charge in [-0.05, 0) is 36.1 Å². The standard InChI is InChI=1S/C29H36N2/c1-5-13-26(14-6-1)25-31-23-21-30(22-24-31)20-12-4-11-19-29(27-15-7-2-8-16-27)28-17-9-3-10-18-28/h1-3,5-10,13-18,29H,4,11-12,19-25H2. The Labute approximate surface area is 188 Å². The molecule has 1 saturated heterocycles. The molecule has 1 heterocycles. The number of piperazine rings is 1. The van der Waals surface area contributed by atoms with Crippen molar-refractivity contribution >= 4 is 0 Å². The van der Waals surface area contributed by atoms with Crippen LogP contribution >= 0.6 is 0 Å². The molecule has 0 aliphatic carbocycles. The van der Waals surface area contributed by atoms with Crippen molar-refractivity contribution in [2.45, 2.75) is 38.1 Å². The monoisotopic (exact) mass is 412 g/mol. The largest absolute Gasteiger partial charge is 0.301 e. The van der Waals surface area contributed by atoms with Crippen LogP contribution < -0.4 is 0 Å². The Morgan fingerprint density at radius 3 is 1.65 bits per heavy atom. The van der Waals surface area contributed by atoms with E-state index in [0.29, 0.717) is 5.92 Å². The zero-order chi connectivity index (χ0) is 21.1. The van der Waals surface area contributed by atoms with E-state index in [1.807, 2.05) is 0 Å². The van der Waals surface area contributed by atoms with Gasteiger partial charge in [0, 0.05) is 38.6 Å². The van der Waals surface area contributed by atoms with Crippen LogP contribution in [0, 0.1) is 0 Å². The van der Waals surface area contributed by atoms with Crippen LogP contribution in [-0.2, 0) is 6.54 Å². The van der Waals surface area contributed by atoms with E-state index in [4.69, 9.17) is 0 Å². The Bertz CT molecular complexity index is 816. The Morgan fingerprint density at radius 1 is 0.548 bits per heavy atom. The van der Waals surface area contributed by atoms with Gasteiger partial charge in [0.05, 0.1) is 0 Å². The van der Waals surface area contributed by atoms with E-state index in [1.54, 1.807) is 0 Å². The third-order valence-electron chi connectivity index (χ3n) is 6.58. The predicted molar refractivity (Wildman–Crippen MR) is 131 cm³/mol. The molecular weight excluding hydrogens is 376 g/mol. The van der Waals surface area contributed by atoms with Crippen molar-refractivity contribution < 1.29 is 0 Å². The normalized spacial score (nSPS) is 15.4. The van der Waals surface area contributed by atoms with Gasteiger partial charge in [0.25, 0.3) is 0 Å². The first-order chi connectivity index (χ1) is 15.4. The number of rotatable bonds is 10. The Morgan fingerprint density at radius 2 is 1.06 bits per heavy atom. The van der Waals surface area contributed by atoms with Crippen LogP contribution in [0.15, 0.2) is 91.0 Å². The second-order valence-electron chi connectivity index (χ2n) is 8.83. The molecule has 0 saturated carbocycles. The lowest BCUT2D eigenvalue weighted by atomic mass is 9.87. The molecule has 0 atom stereocenters. The van der Waals surface area contributed by atoms with Crippen molar-refractivity contribution in [3.05, 3.63) is 108 Å². The van der Waals surface area contributed by atoms with Gasteiger partial charge in [0.2, 0.25) is 0 Å². The van der Waals surface area contributed by atoms with Gasteiger partial charge in [-0.1, -0.05) is 104 Å². The van der Waals surface area contributed by atoms with Gasteiger partial charge in [-0.2, -0.15) is 0 Å². The highest BCUT2D eigenvalue weighted by Gasteiger charge is 2.17. The molecule has 0 amide bonds. The van der Waals surface area contributed by atoms with E-state index >= 15 is 0 Å². The quantitative estimate of drug-likeness (QED) is 0.366. The second kappa shape index (κ2) is 11.8. The van der Waals surface area contributed by atoms with E-state index in [0.717, 1.165) is 6.54 Å². The first-order valence-electron chi connectivity index (χ1n) is 12.0. The molecular formula is C29H36N2. The number of nitrogens with zero attached hydrogens (tertiary/aromatic N) is 2. The lowest BCUT2D eigenvalue weighted by Gasteiger charge is -2.34. The fourth-order valence-electron chi connectivity index (χ4n) is 4.77. The minimum atomic E-state index is 0.518. The van der Waals surface area contributed by atoms with Crippen LogP contribution in [0.5, 0.6) is 0 Å². The van der Waals surface area contributed by atoms with Crippen LogP contribution in [0.4, 0.5) is 0 Å². The summed E-state index contributed by atoms with van der Waals surface area (Å²) in [6.07, 6.45) is 5.16. The summed E-state index contributed by atoms with van der Waals surface area (Å²) in [6.45, 7) is 7.15. The summed E-state index contributed by atoms with van der Waals surface area (Å²) in [7, 11) is 0.